The van der Waals surface area contributed by atoms with Gasteiger partial charge in [-0.1, -0.05) is 0 Å². The summed E-state index contributed by atoms with van der Waals surface area (Å²) in [6.07, 6.45) is 4.53. The number of nitrogens with zero attached hydrogens (tertiary/aromatic N) is 1. The Bertz CT molecular complexity index is 411. The maximum absolute atomic E-state index is 5.19. The fraction of sp³-hybridized carbons (Fsp3) is 0.182. The van der Waals surface area contributed by atoms with Crippen molar-refractivity contribution in [3.05, 3.63) is 30.6 Å². The lowest BCUT2D eigenvalue weighted by Crippen LogP contribution is -1.90. The largest absolute Gasteiger partial charge is 0.493 e. The third kappa shape index (κ3) is 1.37. The summed E-state index contributed by atoms with van der Waals surface area (Å²) in [6, 6.07) is 5.62. The van der Waals surface area contributed by atoms with Crippen LogP contribution >= 0.6 is 0 Å². The number of rotatable bonds is 2. The smallest absolute Gasteiger partial charge is 0.161 e. The highest BCUT2D eigenvalue weighted by Gasteiger charge is 2.04. The number of benzene rings is 1. The highest BCUT2D eigenvalue weighted by atomic mass is 16.5. The van der Waals surface area contributed by atoms with Crippen LogP contribution in [0.5, 0.6) is 11.5 Å². The van der Waals surface area contributed by atoms with Crippen LogP contribution in [0.25, 0.3) is 10.8 Å². The molecule has 2 rings (SSSR count). The SMILES string of the molecule is COc1cc2c[c]ncc2cc1OC. The van der Waals surface area contributed by atoms with Gasteiger partial charge in [0.1, 0.15) is 0 Å². The normalized spacial score (nSPS) is 10.1. The number of aromatic nitrogens is 1. The molecular weight excluding hydrogens is 178 g/mol. The molecule has 0 spiro atoms. The molecule has 71 valence electrons. The van der Waals surface area contributed by atoms with Crippen molar-refractivity contribution in [2.45, 2.75) is 0 Å². The molecule has 3 heteroatoms. The van der Waals surface area contributed by atoms with Crippen LogP contribution in [0.4, 0.5) is 0 Å². The molecule has 0 saturated heterocycles. The molecule has 0 saturated carbocycles. The summed E-state index contributed by atoms with van der Waals surface area (Å²) >= 11 is 0. The average Bonchev–Trinajstić information content (AvgIpc) is 2.27. The van der Waals surface area contributed by atoms with Gasteiger partial charge >= 0.3 is 0 Å². The van der Waals surface area contributed by atoms with Crippen LogP contribution in [0.15, 0.2) is 24.4 Å². The van der Waals surface area contributed by atoms with Crippen molar-refractivity contribution >= 4 is 10.8 Å². The van der Waals surface area contributed by atoms with Gasteiger partial charge < -0.3 is 9.47 Å². The van der Waals surface area contributed by atoms with Gasteiger partial charge in [-0.2, -0.15) is 0 Å². The van der Waals surface area contributed by atoms with Crippen molar-refractivity contribution < 1.29 is 9.47 Å². The van der Waals surface area contributed by atoms with Gasteiger partial charge in [-0.3, -0.25) is 4.98 Å². The van der Waals surface area contributed by atoms with E-state index in [0.717, 1.165) is 16.5 Å². The number of hydrogen-bond acceptors (Lipinski definition) is 3. The maximum Gasteiger partial charge on any atom is 0.161 e. The highest BCUT2D eigenvalue weighted by molar-refractivity contribution is 5.85. The summed E-state index contributed by atoms with van der Waals surface area (Å²) < 4.78 is 10.4. The Labute approximate surface area is 82.3 Å². The summed E-state index contributed by atoms with van der Waals surface area (Å²) in [6.45, 7) is 0. The summed E-state index contributed by atoms with van der Waals surface area (Å²) in [5.74, 6) is 1.44. The van der Waals surface area contributed by atoms with E-state index in [-0.39, 0.29) is 0 Å². The molecule has 3 nitrogen and oxygen atoms in total. The van der Waals surface area contributed by atoms with Crippen LogP contribution in [-0.2, 0) is 0 Å². The molecule has 1 aromatic heterocycles. The Morgan fingerprint density at radius 1 is 1.07 bits per heavy atom. The molecule has 0 amide bonds. The average molecular weight is 188 g/mol. The van der Waals surface area contributed by atoms with Crippen molar-refractivity contribution in [2.75, 3.05) is 14.2 Å². The Balaban J connectivity index is 2.69. The van der Waals surface area contributed by atoms with Gasteiger partial charge in [-0.25, -0.2) is 0 Å². The molecule has 1 heterocycles. The van der Waals surface area contributed by atoms with Crippen LogP contribution in [0.3, 0.4) is 0 Å². The van der Waals surface area contributed by atoms with Crippen molar-refractivity contribution in [2.24, 2.45) is 0 Å². The monoisotopic (exact) mass is 188 g/mol. The Hall–Kier alpha value is -1.77. The van der Waals surface area contributed by atoms with Crippen molar-refractivity contribution in [1.82, 2.24) is 4.98 Å². The minimum Gasteiger partial charge on any atom is -0.493 e. The molecule has 1 radical (unpaired) electrons. The molecule has 0 N–H and O–H groups in total. The van der Waals surface area contributed by atoms with E-state index < -0.39 is 0 Å². The van der Waals surface area contributed by atoms with E-state index >= 15 is 0 Å². The summed E-state index contributed by atoms with van der Waals surface area (Å²) in [5.41, 5.74) is 0. The second kappa shape index (κ2) is 3.54. The number of pyridine rings is 1. The molecule has 1 aromatic carbocycles. The fourth-order valence-corrected chi connectivity index (χ4v) is 1.36. The number of fused-ring (bicyclic) bond motifs is 1. The molecule has 14 heavy (non-hydrogen) atoms. The second-order valence-electron chi connectivity index (χ2n) is 2.87. The van der Waals surface area contributed by atoms with E-state index in [9.17, 15) is 0 Å². The molecule has 0 fully saturated rings. The van der Waals surface area contributed by atoms with E-state index in [1.165, 1.54) is 0 Å². The first-order chi connectivity index (χ1) is 6.85. The minimum atomic E-state index is 0.716. The van der Waals surface area contributed by atoms with Gasteiger partial charge in [0.2, 0.25) is 0 Å². The van der Waals surface area contributed by atoms with Crippen LogP contribution in [0, 0.1) is 6.20 Å². The fourth-order valence-electron chi connectivity index (χ4n) is 1.36. The molecule has 0 aliphatic rings. The third-order valence-corrected chi connectivity index (χ3v) is 2.09. The Morgan fingerprint density at radius 2 is 1.71 bits per heavy atom. The van der Waals surface area contributed by atoms with Gasteiger partial charge in [0.25, 0.3) is 0 Å². The van der Waals surface area contributed by atoms with Crippen LogP contribution in [0.2, 0.25) is 0 Å². The maximum atomic E-state index is 5.19. The Kier molecular flexibility index (Phi) is 2.23. The van der Waals surface area contributed by atoms with Crippen LogP contribution in [0.1, 0.15) is 0 Å². The zero-order chi connectivity index (χ0) is 9.97. The molecule has 0 aliphatic heterocycles. The third-order valence-electron chi connectivity index (χ3n) is 2.09. The second-order valence-corrected chi connectivity index (χ2v) is 2.87. The number of ether oxygens (including phenoxy) is 2. The molecule has 0 unspecified atom stereocenters. The minimum absolute atomic E-state index is 0.716. The standard InChI is InChI=1S/C11H10NO2/c1-13-10-5-8-3-4-12-7-9(8)6-11(10)14-2/h3,5-7H,1-2H3. The van der Waals surface area contributed by atoms with E-state index in [2.05, 4.69) is 11.2 Å². The van der Waals surface area contributed by atoms with Gasteiger partial charge in [-0.05, 0) is 23.6 Å². The molecular formula is C11H10NO2. The zero-order valence-electron chi connectivity index (χ0n) is 8.07. The lowest BCUT2D eigenvalue weighted by Gasteiger charge is -2.08. The first kappa shape index (κ1) is 8.81. The van der Waals surface area contributed by atoms with Crippen molar-refractivity contribution in [1.29, 1.82) is 0 Å². The predicted molar refractivity (Wildman–Crippen MR) is 53.7 cm³/mol. The van der Waals surface area contributed by atoms with E-state index in [1.54, 1.807) is 20.4 Å². The quantitative estimate of drug-likeness (QED) is 0.722. The zero-order valence-corrected chi connectivity index (χ0v) is 8.07. The van der Waals surface area contributed by atoms with E-state index in [4.69, 9.17) is 9.47 Å². The number of hydrogen-bond donors (Lipinski definition) is 0. The molecule has 0 atom stereocenters. The first-order valence-electron chi connectivity index (χ1n) is 4.23. The van der Waals surface area contributed by atoms with Gasteiger partial charge in [-0.15, -0.1) is 0 Å². The van der Waals surface area contributed by atoms with Crippen molar-refractivity contribution in [3.8, 4) is 11.5 Å². The summed E-state index contributed by atoms with van der Waals surface area (Å²) in [4.78, 5) is 3.92. The summed E-state index contributed by atoms with van der Waals surface area (Å²) in [7, 11) is 3.24. The lowest BCUT2D eigenvalue weighted by molar-refractivity contribution is 0.356. The predicted octanol–water partition coefficient (Wildman–Crippen LogP) is 2.05. The van der Waals surface area contributed by atoms with Gasteiger partial charge in [0.05, 0.1) is 20.4 Å². The first-order valence-corrected chi connectivity index (χ1v) is 4.23. The molecule has 0 bridgehead atoms. The van der Waals surface area contributed by atoms with Gasteiger partial charge in [0.15, 0.2) is 11.5 Å². The summed E-state index contributed by atoms with van der Waals surface area (Å²) in [5, 5.41) is 2.05. The lowest BCUT2D eigenvalue weighted by atomic mass is 10.1. The molecule has 2 aromatic rings. The van der Waals surface area contributed by atoms with Crippen LogP contribution in [-0.4, -0.2) is 19.2 Å². The Morgan fingerprint density at radius 3 is 2.36 bits per heavy atom. The number of methoxy groups -OCH3 is 2. The van der Waals surface area contributed by atoms with Crippen LogP contribution < -0.4 is 9.47 Å². The van der Waals surface area contributed by atoms with E-state index in [1.807, 2.05) is 18.2 Å². The molecule has 0 aliphatic carbocycles. The van der Waals surface area contributed by atoms with E-state index in [0.29, 0.717) is 5.75 Å². The van der Waals surface area contributed by atoms with Gasteiger partial charge in [0, 0.05) is 11.6 Å². The highest BCUT2D eigenvalue weighted by Crippen LogP contribution is 2.31. The van der Waals surface area contributed by atoms with Crippen molar-refractivity contribution in [3.63, 3.8) is 0 Å². The topological polar surface area (TPSA) is 31.4 Å².